The Balaban J connectivity index is 3.60. The van der Waals surface area contributed by atoms with Crippen LogP contribution in [0.2, 0.25) is 12.6 Å². The molecule has 0 amide bonds. The normalized spacial score (nSPS) is 12.7. The highest BCUT2D eigenvalue weighted by molar-refractivity contribution is 6.65. The molecular weight excluding hydrogens is 232 g/mol. The predicted octanol–water partition coefficient (Wildman–Crippen LogP) is 1.62. The van der Waals surface area contributed by atoms with E-state index in [0.717, 1.165) is 32.1 Å². The van der Waals surface area contributed by atoms with Gasteiger partial charge in [0.05, 0.1) is 0 Å². The molecule has 0 fully saturated rings. The molecule has 0 aromatic rings. The number of hydrogen-bond donors (Lipinski definition) is 0. The third kappa shape index (κ3) is 8.74. The molecule has 5 heteroatoms. The molecule has 0 heterocycles. The first-order valence-corrected chi connectivity index (χ1v) is 8.89. The van der Waals surface area contributed by atoms with E-state index in [9.17, 15) is 0 Å². The highest BCUT2D eigenvalue weighted by Crippen LogP contribution is 2.13. The Kier molecular flexibility index (Phi) is 9.08. The summed E-state index contributed by atoms with van der Waals surface area (Å²) in [6.07, 6.45) is 2.38. The van der Waals surface area contributed by atoms with Crippen LogP contribution in [0.15, 0.2) is 0 Å². The molecule has 0 atom stereocenters. The molecule has 0 saturated heterocycles. The molecule has 0 radical (unpaired) electrons. The lowest BCUT2D eigenvalue weighted by molar-refractivity contribution is 0.243. The average Bonchev–Trinajstić information content (AvgIpc) is 2.28. The molecule has 0 bridgehead atoms. The van der Waals surface area contributed by atoms with Crippen molar-refractivity contribution in [3.63, 3.8) is 0 Å². The van der Waals surface area contributed by atoms with E-state index < -0.39 is 8.56 Å². The van der Waals surface area contributed by atoms with Crippen molar-refractivity contribution >= 4 is 8.56 Å². The van der Waals surface area contributed by atoms with E-state index in [1.807, 2.05) is 0 Å². The Morgan fingerprint density at radius 2 is 1.41 bits per heavy atom. The van der Waals surface area contributed by atoms with Crippen molar-refractivity contribution in [1.82, 2.24) is 9.80 Å². The fourth-order valence-electron chi connectivity index (χ4n) is 1.73. The topological polar surface area (TPSA) is 24.9 Å². The van der Waals surface area contributed by atoms with E-state index >= 15 is 0 Å². The van der Waals surface area contributed by atoms with Gasteiger partial charge in [-0.2, -0.15) is 0 Å². The Morgan fingerprint density at radius 1 is 0.882 bits per heavy atom. The van der Waals surface area contributed by atoms with Gasteiger partial charge in [-0.15, -0.1) is 0 Å². The Bertz CT molecular complexity index is 187. The maximum Gasteiger partial charge on any atom is 0.334 e. The second-order valence-electron chi connectivity index (χ2n) is 5.11. The average molecular weight is 262 g/mol. The van der Waals surface area contributed by atoms with Crippen LogP contribution in [0.25, 0.3) is 0 Å². The zero-order chi connectivity index (χ0) is 13.3. The van der Waals surface area contributed by atoms with Crippen LogP contribution in [0.4, 0.5) is 0 Å². The predicted molar refractivity (Wildman–Crippen MR) is 75.7 cm³/mol. The summed E-state index contributed by atoms with van der Waals surface area (Å²) in [4.78, 5) is 4.62. The minimum Gasteiger partial charge on any atom is -0.398 e. The molecule has 0 rings (SSSR count). The van der Waals surface area contributed by atoms with E-state index in [1.165, 1.54) is 6.42 Å². The first-order chi connectivity index (χ1) is 7.93. The van der Waals surface area contributed by atoms with E-state index in [2.05, 4.69) is 37.5 Å². The van der Waals surface area contributed by atoms with Crippen molar-refractivity contribution in [3.8, 4) is 0 Å². The highest BCUT2D eigenvalue weighted by atomic mass is 28.4. The third-order valence-electron chi connectivity index (χ3n) is 3.18. The van der Waals surface area contributed by atoms with Crippen LogP contribution in [-0.2, 0) is 8.85 Å². The zero-order valence-corrected chi connectivity index (χ0v) is 13.5. The summed E-state index contributed by atoms with van der Waals surface area (Å²) in [5.74, 6) is 0. The fourth-order valence-corrected chi connectivity index (χ4v) is 3.10. The van der Waals surface area contributed by atoms with Crippen LogP contribution in [-0.4, -0.2) is 73.4 Å². The molecule has 0 aliphatic carbocycles. The summed E-state index contributed by atoms with van der Waals surface area (Å²) in [6.45, 7) is 5.57. The van der Waals surface area contributed by atoms with Crippen molar-refractivity contribution in [2.45, 2.75) is 25.4 Å². The molecule has 0 aromatic carbocycles. The SMILES string of the molecule is CO[Si](C)(CCCN(C)CCCN(C)C)OC. The van der Waals surface area contributed by atoms with Crippen molar-refractivity contribution in [2.24, 2.45) is 0 Å². The van der Waals surface area contributed by atoms with E-state index in [4.69, 9.17) is 8.85 Å². The van der Waals surface area contributed by atoms with Crippen LogP contribution in [0.3, 0.4) is 0 Å². The summed E-state index contributed by atoms with van der Waals surface area (Å²) in [6, 6.07) is 1.07. The summed E-state index contributed by atoms with van der Waals surface area (Å²) < 4.78 is 10.9. The van der Waals surface area contributed by atoms with Crippen LogP contribution in [0, 0.1) is 0 Å². The van der Waals surface area contributed by atoms with Crippen LogP contribution >= 0.6 is 0 Å². The highest BCUT2D eigenvalue weighted by Gasteiger charge is 2.27. The van der Waals surface area contributed by atoms with Gasteiger partial charge in [0.1, 0.15) is 0 Å². The lowest BCUT2D eigenvalue weighted by atomic mass is 10.3. The first kappa shape index (κ1) is 17.1. The molecule has 104 valence electrons. The van der Waals surface area contributed by atoms with Crippen LogP contribution in [0.5, 0.6) is 0 Å². The molecule has 0 spiro atoms. The van der Waals surface area contributed by atoms with E-state index in [1.54, 1.807) is 14.2 Å². The van der Waals surface area contributed by atoms with E-state index in [-0.39, 0.29) is 0 Å². The van der Waals surface area contributed by atoms with Crippen molar-refractivity contribution < 1.29 is 8.85 Å². The van der Waals surface area contributed by atoms with Crippen molar-refractivity contribution in [1.29, 1.82) is 0 Å². The van der Waals surface area contributed by atoms with Crippen molar-refractivity contribution in [2.75, 3.05) is 55.0 Å². The lowest BCUT2D eigenvalue weighted by Crippen LogP contribution is -2.37. The zero-order valence-electron chi connectivity index (χ0n) is 12.5. The van der Waals surface area contributed by atoms with Gasteiger partial charge in [0.15, 0.2) is 0 Å². The molecule has 0 aromatic heterocycles. The van der Waals surface area contributed by atoms with Crippen molar-refractivity contribution in [3.05, 3.63) is 0 Å². The first-order valence-electron chi connectivity index (χ1n) is 6.37. The van der Waals surface area contributed by atoms with Crippen LogP contribution < -0.4 is 0 Å². The molecule has 0 unspecified atom stereocenters. The monoisotopic (exact) mass is 262 g/mol. The van der Waals surface area contributed by atoms with Crippen LogP contribution in [0.1, 0.15) is 12.8 Å². The van der Waals surface area contributed by atoms with Gasteiger partial charge in [0.2, 0.25) is 0 Å². The number of nitrogens with zero attached hydrogens (tertiary/aromatic N) is 2. The Hall–Kier alpha value is 0.0569. The standard InChI is InChI=1S/C12H30N2O2Si/c1-13(2)9-7-10-14(3)11-8-12-17(6,15-4)16-5/h7-12H2,1-6H3. The Morgan fingerprint density at radius 3 is 1.88 bits per heavy atom. The van der Waals surface area contributed by atoms with Gasteiger partial charge in [0.25, 0.3) is 0 Å². The van der Waals surface area contributed by atoms with Gasteiger partial charge in [-0.1, -0.05) is 0 Å². The van der Waals surface area contributed by atoms with E-state index in [0.29, 0.717) is 0 Å². The van der Waals surface area contributed by atoms with Gasteiger partial charge in [-0.3, -0.25) is 0 Å². The summed E-state index contributed by atoms with van der Waals surface area (Å²) in [7, 11) is 8.10. The second-order valence-corrected chi connectivity index (χ2v) is 8.69. The smallest absolute Gasteiger partial charge is 0.334 e. The fraction of sp³-hybridized carbons (Fsp3) is 1.00. The molecule has 0 aliphatic heterocycles. The second kappa shape index (κ2) is 9.05. The van der Waals surface area contributed by atoms with Gasteiger partial charge in [0, 0.05) is 14.2 Å². The third-order valence-corrected chi connectivity index (χ3v) is 6.17. The molecule has 4 nitrogen and oxygen atoms in total. The summed E-state index contributed by atoms with van der Waals surface area (Å²) >= 11 is 0. The molecular formula is C12H30N2O2Si. The lowest BCUT2D eigenvalue weighted by Gasteiger charge is -2.24. The molecule has 0 N–H and O–H groups in total. The maximum atomic E-state index is 5.47. The van der Waals surface area contributed by atoms with Gasteiger partial charge in [-0.25, -0.2) is 0 Å². The minimum atomic E-state index is -1.85. The number of hydrogen-bond acceptors (Lipinski definition) is 4. The Labute approximate surface area is 108 Å². The number of rotatable bonds is 10. The quantitative estimate of drug-likeness (QED) is 0.559. The van der Waals surface area contributed by atoms with Gasteiger partial charge in [-0.05, 0) is 66.2 Å². The molecule has 17 heavy (non-hydrogen) atoms. The van der Waals surface area contributed by atoms with Gasteiger partial charge >= 0.3 is 8.56 Å². The maximum absolute atomic E-state index is 5.47. The minimum absolute atomic E-state index is 1.07. The summed E-state index contributed by atoms with van der Waals surface area (Å²) in [5, 5.41) is 0. The molecule has 0 saturated carbocycles. The summed E-state index contributed by atoms with van der Waals surface area (Å²) in [5.41, 5.74) is 0. The largest absolute Gasteiger partial charge is 0.398 e. The molecule has 0 aliphatic rings. The van der Waals surface area contributed by atoms with Gasteiger partial charge < -0.3 is 18.7 Å².